The number of carbonyl (C=O) groups excluding carboxylic acids is 1. The third kappa shape index (κ3) is 7.62. The molecule has 0 aromatic rings. The number of amides is 1. The summed E-state index contributed by atoms with van der Waals surface area (Å²) >= 11 is 0. The molecular formula is C11H24N2O3. The maximum atomic E-state index is 11.8. The first-order valence-electron chi connectivity index (χ1n) is 5.63. The van der Waals surface area contributed by atoms with E-state index in [9.17, 15) is 4.79 Å². The fraction of sp³-hybridized carbons (Fsp3) is 0.909. The molecule has 96 valence electrons. The molecule has 1 amide bonds. The van der Waals surface area contributed by atoms with Crippen LogP contribution in [0, 0.1) is 0 Å². The summed E-state index contributed by atoms with van der Waals surface area (Å²) < 4.78 is 9.94. The molecule has 1 unspecified atom stereocenters. The minimum atomic E-state index is 0.0654. The van der Waals surface area contributed by atoms with Gasteiger partial charge in [-0.05, 0) is 13.3 Å². The van der Waals surface area contributed by atoms with Gasteiger partial charge >= 0.3 is 0 Å². The van der Waals surface area contributed by atoms with Crippen molar-refractivity contribution in [3.63, 3.8) is 0 Å². The molecule has 16 heavy (non-hydrogen) atoms. The van der Waals surface area contributed by atoms with Gasteiger partial charge in [0.2, 0.25) is 5.91 Å². The van der Waals surface area contributed by atoms with Gasteiger partial charge in [0.1, 0.15) is 0 Å². The molecule has 0 aliphatic heterocycles. The number of ether oxygens (including phenoxy) is 2. The summed E-state index contributed by atoms with van der Waals surface area (Å²) in [6.07, 6.45) is 1.21. The van der Waals surface area contributed by atoms with Crippen LogP contribution in [0.1, 0.15) is 19.8 Å². The first-order valence-corrected chi connectivity index (χ1v) is 5.63. The molecular weight excluding hydrogens is 208 g/mol. The zero-order valence-corrected chi connectivity index (χ0v) is 10.6. The number of methoxy groups -OCH3 is 2. The highest BCUT2D eigenvalue weighted by Crippen LogP contribution is 2.00. The van der Waals surface area contributed by atoms with E-state index in [4.69, 9.17) is 15.2 Å². The summed E-state index contributed by atoms with van der Waals surface area (Å²) in [5.74, 6) is 0.117. The lowest BCUT2D eigenvalue weighted by Gasteiger charge is -2.22. The van der Waals surface area contributed by atoms with Crippen LogP contribution in [0.15, 0.2) is 0 Å². The van der Waals surface area contributed by atoms with E-state index in [-0.39, 0.29) is 11.9 Å². The van der Waals surface area contributed by atoms with Gasteiger partial charge in [-0.15, -0.1) is 0 Å². The van der Waals surface area contributed by atoms with E-state index in [0.29, 0.717) is 32.7 Å². The van der Waals surface area contributed by atoms with Gasteiger partial charge in [-0.2, -0.15) is 0 Å². The minimum Gasteiger partial charge on any atom is -0.383 e. The van der Waals surface area contributed by atoms with Crippen molar-refractivity contribution < 1.29 is 14.3 Å². The second-order valence-electron chi connectivity index (χ2n) is 3.88. The molecule has 5 nitrogen and oxygen atoms in total. The van der Waals surface area contributed by atoms with Crippen molar-refractivity contribution >= 4 is 5.91 Å². The van der Waals surface area contributed by atoms with Gasteiger partial charge in [-0.25, -0.2) is 0 Å². The van der Waals surface area contributed by atoms with Crippen LogP contribution in [0.25, 0.3) is 0 Å². The van der Waals surface area contributed by atoms with Crippen LogP contribution in [-0.2, 0) is 14.3 Å². The summed E-state index contributed by atoms with van der Waals surface area (Å²) in [7, 11) is 3.25. The summed E-state index contributed by atoms with van der Waals surface area (Å²) in [5, 5.41) is 0. The largest absolute Gasteiger partial charge is 0.383 e. The predicted molar refractivity (Wildman–Crippen MR) is 63.2 cm³/mol. The number of hydrogen-bond acceptors (Lipinski definition) is 4. The van der Waals surface area contributed by atoms with Gasteiger partial charge in [0.15, 0.2) is 0 Å². The Balaban J connectivity index is 3.98. The fourth-order valence-corrected chi connectivity index (χ4v) is 1.27. The second kappa shape index (κ2) is 9.57. The van der Waals surface area contributed by atoms with Crippen LogP contribution in [-0.4, -0.2) is 57.4 Å². The molecule has 0 saturated carbocycles. The third-order valence-electron chi connectivity index (χ3n) is 2.30. The van der Waals surface area contributed by atoms with E-state index in [1.807, 2.05) is 6.92 Å². The van der Waals surface area contributed by atoms with Crippen LogP contribution in [0.2, 0.25) is 0 Å². The Morgan fingerprint density at radius 3 is 2.12 bits per heavy atom. The zero-order valence-electron chi connectivity index (χ0n) is 10.6. The predicted octanol–water partition coefficient (Wildman–Crippen LogP) is 0.235. The molecule has 0 aromatic carbocycles. The molecule has 0 radical (unpaired) electrons. The maximum absolute atomic E-state index is 11.8. The Bertz CT molecular complexity index is 178. The molecule has 0 aromatic heterocycles. The van der Waals surface area contributed by atoms with Crippen molar-refractivity contribution in [1.82, 2.24) is 4.90 Å². The van der Waals surface area contributed by atoms with Crippen LogP contribution < -0.4 is 5.73 Å². The summed E-state index contributed by atoms with van der Waals surface area (Å²) in [6, 6.07) is 0.0654. The SMILES string of the molecule is COCCN(CCOC)C(=O)CCC(C)N. The first-order chi connectivity index (χ1) is 7.61. The van der Waals surface area contributed by atoms with E-state index in [2.05, 4.69) is 0 Å². The van der Waals surface area contributed by atoms with Gasteiger partial charge in [0.25, 0.3) is 0 Å². The van der Waals surface area contributed by atoms with Gasteiger partial charge < -0.3 is 20.1 Å². The third-order valence-corrected chi connectivity index (χ3v) is 2.30. The molecule has 0 fully saturated rings. The number of hydrogen-bond donors (Lipinski definition) is 1. The van der Waals surface area contributed by atoms with Crippen molar-refractivity contribution in [3.05, 3.63) is 0 Å². The van der Waals surface area contributed by atoms with E-state index < -0.39 is 0 Å². The molecule has 0 aliphatic carbocycles. The maximum Gasteiger partial charge on any atom is 0.222 e. The number of carbonyl (C=O) groups is 1. The lowest BCUT2D eigenvalue weighted by Crippen LogP contribution is -2.37. The van der Waals surface area contributed by atoms with Crippen LogP contribution in [0.4, 0.5) is 0 Å². The van der Waals surface area contributed by atoms with Crippen LogP contribution in [0.5, 0.6) is 0 Å². The lowest BCUT2D eigenvalue weighted by molar-refractivity contribution is -0.132. The highest BCUT2D eigenvalue weighted by Gasteiger charge is 2.13. The topological polar surface area (TPSA) is 64.8 Å². The fourth-order valence-electron chi connectivity index (χ4n) is 1.27. The van der Waals surface area contributed by atoms with Crippen molar-refractivity contribution in [2.24, 2.45) is 5.73 Å². The summed E-state index contributed by atoms with van der Waals surface area (Å²) in [6.45, 7) is 4.22. The summed E-state index contributed by atoms with van der Waals surface area (Å²) in [5.41, 5.74) is 5.62. The minimum absolute atomic E-state index is 0.0654. The van der Waals surface area contributed by atoms with Crippen molar-refractivity contribution in [2.45, 2.75) is 25.8 Å². The lowest BCUT2D eigenvalue weighted by atomic mass is 10.2. The monoisotopic (exact) mass is 232 g/mol. The van der Waals surface area contributed by atoms with E-state index in [1.165, 1.54) is 0 Å². The molecule has 0 saturated heterocycles. The first kappa shape index (κ1) is 15.3. The molecule has 0 spiro atoms. The van der Waals surface area contributed by atoms with Gasteiger partial charge in [0.05, 0.1) is 13.2 Å². The number of nitrogens with two attached hydrogens (primary N) is 1. The molecule has 0 bridgehead atoms. The number of rotatable bonds is 9. The van der Waals surface area contributed by atoms with E-state index in [0.717, 1.165) is 6.42 Å². The molecule has 0 heterocycles. The van der Waals surface area contributed by atoms with Crippen LogP contribution >= 0.6 is 0 Å². The highest BCUT2D eigenvalue weighted by molar-refractivity contribution is 5.76. The van der Waals surface area contributed by atoms with Gasteiger partial charge in [-0.1, -0.05) is 0 Å². The molecule has 0 aliphatic rings. The van der Waals surface area contributed by atoms with Gasteiger partial charge in [-0.3, -0.25) is 4.79 Å². The van der Waals surface area contributed by atoms with Crippen molar-refractivity contribution in [3.8, 4) is 0 Å². The zero-order chi connectivity index (χ0) is 12.4. The van der Waals surface area contributed by atoms with Gasteiger partial charge in [0, 0.05) is 39.8 Å². The molecule has 2 N–H and O–H groups in total. The smallest absolute Gasteiger partial charge is 0.222 e. The molecule has 1 atom stereocenters. The highest BCUT2D eigenvalue weighted by atomic mass is 16.5. The Labute approximate surface area is 97.9 Å². The quantitative estimate of drug-likeness (QED) is 0.618. The van der Waals surface area contributed by atoms with Crippen molar-refractivity contribution in [1.29, 1.82) is 0 Å². The average Bonchev–Trinajstić information content (AvgIpc) is 2.26. The van der Waals surface area contributed by atoms with Crippen LogP contribution in [0.3, 0.4) is 0 Å². The Morgan fingerprint density at radius 1 is 1.25 bits per heavy atom. The van der Waals surface area contributed by atoms with Crippen molar-refractivity contribution in [2.75, 3.05) is 40.5 Å². The van der Waals surface area contributed by atoms with E-state index in [1.54, 1.807) is 19.1 Å². The second-order valence-corrected chi connectivity index (χ2v) is 3.88. The Morgan fingerprint density at radius 2 is 1.75 bits per heavy atom. The molecule has 5 heteroatoms. The standard InChI is InChI=1S/C11H24N2O3/c1-10(12)4-5-11(14)13(6-8-15-2)7-9-16-3/h10H,4-9,12H2,1-3H3. The Kier molecular flexibility index (Phi) is 9.18. The Hall–Kier alpha value is -0.650. The normalized spacial score (nSPS) is 12.5. The number of nitrogens with zero attached hydrogens (tertiary/aromatic N) is 1. The summed E-state index contributed by atoms with van der Waals surface area (Å²) in [4.78, 5) is 13.6. The average molecular weight is 232 g/mol. The molecule has 0 rings (SSSR count). The van der Waals surface area contributed by atoms with E-state index >= 15 is 0 Å².